The van der Waals surface area contributed by atoms with E-state index in [4.69, 9.17) is 4.74 Å². The highest BCUT2D eigenvalue weighted by atomic mass is 32.2. The highest BCUT2D eigenvalue weighted by Gasteiger charge is 2.69. The first kappa shape index (κ1) is 22.0. The Bertz CT molecular complexity index is 908. The van der Waals surface area contributed by atoms with E-state index in [2.05, 4.69) is 6.92 Å². The molecule has 0 aromatic rings. The van der Waals surface area contributed by atoms with Gasteiger partial charge in [-0.1, -0.05) is 19.4 Å². The fourth-order valence-electron chi connectivity index (χ4n) is 7.31. The van der Waals surface area contributed by atoms with E-state index in [0.29, 0.717) is 12.8 Å². The molecule has 0 amide bonds. The van der Waals surface area contributed by atoms with Crippen molar-refractivity contribution in [2.75, 3.05) is 12.2 Å². The number of aliphatic hydroxyl groups is 2. The highest BCUT2D eigenvalue weighted by molar-refractivity contribution is 7.90. The number of esters is 1. The maximum atomic E-state index is 12.8. The van der Waals surface area contributed by atoms with E-state index in [0.717, 1.165) is 31.1 Å². The van der Waals surface area contributed by atoms with Crippen molar-refractivity contribution in [3.63, 3.8) is 0 Å². The monoisotopic (exact) mass is 440 g/mol. The number of hydrogen-bond donors (Lipinski definition) is 2. The molecule has 0 spiro atoms. The average molecular weight is 441 g/mol. The van der Waals surface area contributed by atoms with Gasteiger partial charge in [0.1, 0.15) is 0 Å². The fraction of sp³-hybridized carbons (Fsp3) is 0.818. The van der Waals surface area contributed by atoms with Crippen molar-refractivity contribution in [2.24, 2.45) is 28.6 Å². The summed E-state index contributed by atoms with van der Waals surface area (Å²) < 4.78 is 27.8. The van der Waals surface area contributed by atoms with Crippen LogP contribution in [0.2, 0.25) is 0 Å². The Kier molecular flexibility index (Phi) is 5.03. The smallest absolute Gasteiger partial charge is 0.339 e. The molecule has 8 heteroatoms. The number of ether oxygens (including phenoxy) is 1. The van der Waals surface area contributed by atoms with Crippen LogP contribution < -0.4 is 0 Å². The Morgan fingerprint density at radius 2 is 1.93 bits per heavy atom. The maximum Gasteiger partial charge on any atom is 0.339 e. The first-order valence-electron chi connectivity index (χ1n) is 10.8. The van der Waals surface area contributed by atoms with Gasteiger partial charge in [0.15, 0.2) is 27.2 Å². The molecule has 3 saturated carbocycles. The zero-order chi connectivity index (χ0) is 22.1. The number of fused-ring (bicyclic) bond motifs is 5. The number of allylic oxidation sites excluding steroid dienone is 1. The summed E-state index contributed by atoms with van der Waals surface area (Å²) in [5, 5.41) is 22.7. The van der Waals surface area contributed by atoms with Crippen LogP contribution in [0.3, 0.4) is 0 Å². The van der Waals surface area contributed by atoms with E-state index in [-0.39, 0.29) is 41.8 Å². The van der Waals surface area contributed by atoms with Crippen molar-refractivity contribution >= 4 is 21.6 Å². The van der Waals surface area contributed by atoms with Gasteiger partial charge in [-0.2, -0.15) is 0 Å². The summed E-state index contributed by atoms with van der Waals surface area (Å²) in [4.78, 5) is 24.8. The molecule has 30 heavy (non-hydrogen) atoms. The van der Waals surface area contributed by atoms with Gasteiger partial charge in [-0.05, 0) is 67.8 Å². The molecule has 2 N–H and O–H groups in total. The molecule has 0 radical (unpaired) electrons. The van der Waals surface area contributed by atoms with E-state index >= 15 is 0 Å². The van der Waals surface area contributed by atoms with Crippen LogP contribution in [0.15, 0.2) is 11.6 Å². The quantitative estimate of drug-likeness (QED) is 0.642. The van der Waals surface area contributed by atoms with Crippen LogP contribution in [0.25, 0.3) is 0 Å². The molecule has 4 aliphatic rings. The molecule has 0 unspecified atom stereocenters. The Morgan fingerprint density at radius 1 is 1.23 bits per heavy atom. The van der Waals surface area contributed by atoms with Gasteiger partial charge in [0.05, 0.1) is 6.10 Å². The van der Waals surface area contributed by atoms with Crippen molar-refractivity contribution in [2.45, 2.75) is 70.5 Å². The zero-order valence-electron chi connectivity index (χ0n) is 17.9. The first-order valence-corrected chi connectivity index (χ1v) is 12.9. The van der Waals surface area contributed by atoms with Crippen LogP contribution >= 0.6 is 0 Å². The van der Waals surface area contributed by atoms with Crippen LogP contribution in [-0.2, 0) is 24.2 Å². The third-order valence-electron chi connectivity index (χ3n) is 8.79. The molecule has 0 aromatic carbocycles. The first-order chi connectivity index (χ1) is 13.8. The minimum absolute atomic E-state index is 0.0157. The molecule has 0 heterocycles. The summed E-state index contributed by atoms with van der Waals surface area (Å²) in [6.45, 7) is 3.99. The lowest BCUT2D eigenvalue weighted by molar-refractivity contribution is -0.198. The molecule has 3 fully saturated rings. The van der Waals surface area contributed by atoms with E-state index in [1.165, 1.54) is 0 Å². The molecular formula is C22H32O7S. The number of carbonyl (C=O) groups is 2. The van der Waals surface area contributed by atoms with Crippen molar-refractivity contribution in [3.8, 4) is 0 Å². The second kappa shape index (κ2) is 6.87. The van der Waals surface area contributed by atoms with Gasteiger partial charge in [-0.25, -0.2) is 13.2 Å². The molecule has 0 aliphatic heterocycles. The number of aliphatic hydroxyl groups excluding tert-OH is 1. The molecule has 4 aliphatic carbocycles. The van der Waals surface area contributed by atoms with Crippen LogP contribution in [0.5, 0.6) is 0 Å². The van der Waals surface area contributed by atoms with E-state index in [1.807, 2.05) is 6.92 Å². The molecular weight excluding hydrogens is 408 g/mol. The van der Waals surface area contributed by atoms with E-state index in [1.54, 1.807) is 6.08 Å². The van der Waals surface area contributed by atoms with Crippen molar-refractivity contribution in [1.29, 1.82) is 0 Å². The third-order valence-corrected chi connectivity index (χ3v) is 9.34. The summed E-state index contributed by atoms with van der Waals surface area (Å²) in [5.74, 6) is -1.38. The number of ketones is 1. The Labute approximate surface area is 177 Å². The summed E-state index contributed by atoms with van der Waals surface area (Å²) in [5.41, 5.74) is -1.81. The average Bonchev–Trinajstić information content (AvgIpc) is 2.91. The predicted molar refractivity (Wildman–Crippen MR) is 109 cm³/mol. The normalized spacial score (nSPS) is 45.8. The van der Waals surface area contributed by atoms with Crippen LogP contribution in [-0.4, -0.2) is 54.3 Å². The number of rotatable bonds is 3. The zero-order valence-corrected chi connectivity index (χ0v) is 18.7. The van der Waals surface area contributed by atoms with Gasteiger partial charge in [-0.3, -0.25) is 4.79 Å². The van der Waals surface area contributed by atoms with E-state index < -0.39 is 38.9 Å². The largest absolute Gasteiger partial charge is 0.447 e. The molecule has 168 valence electrons. The second-order valence-corrected chi connectivity index (χ2v) is 12.5. The van der Waals surface area contributed by atoms with Gasteiger partial charge >= 0.3 is 5.97 Å². The summed E-state index contributed by atoms with van der Waals surface area (Å²) in [6.07, 6.45) is 5.91. The standard InChI is InChI=1S/C22H32O7S/c1-20-8-6-14(23)10-13(20)4-5-15-16-7-9-22(26,19(25)29-12-30(3,27)28)21(16,2)11-17(24)18(15)20/h10,15-18,24,26H,4-9,11-12H2,1-3H3/t15-,16-,17-,18+,20-,21-,22-/m0/s1. The molecule has 4 rings (SSSR count). The van der Waals surface area contributed by atoms with Crippen molar-refractivity contribution in [3.05, 3.63) is 11.6 Å². The Morgan fingerprint density at radius 3 is 2.60 bits per heavy atom. The Hall–Kier alpha value is -1.25. The van der Waals surface area contributed by atoms with Gasteiger partial charge < -0.3 is 14.9 Å². The fourth-order valence-corrected chi connectivity index (χ4v) is 7.63. The predicted octanol–water partition coefficient (Wildman–Crippen LogP) is 1.77. The number of carbonyl (C=O) groups excluding carboxylic acids is 2. The highest BCUT2D eigenvalue weighted by Crippen LogP contribution is 2.67. The lowest BCUT2D eigenvalue weighted by Crippen LogP contribution is -2.62. The minimum atomic E-state index is -3.52. The topological polar surface area (TPSA) is 118 Å². The van der Waals surface area contributed by atoms with Crippen LogP contribution in [0.1, 0.15) is 58.8 Å². The number of hydrogen-bond acceptors (Lipinski definition) is 7. The van der Waals surface area contributed by atoms with Crippen molar-refractivity contribution in [1.82, 2.24) is 0 Å². The SMILES string of the molecule is C[C@]12CCC(=O)C=C1CC[C@@H]1[C@@H]2[C@@H](O)C[C@@]2(C)[C@H]1CC[C@]2(O)C(=O)OCS(C)(=O)=O. The third kappa shape index (κ3) is 3.09. The van der Waals surface area contributed by atoms with E-state index in [9.17, 15) is 28.2 Å². The van der Waals surface area contributed by atoms with Crippen LogP contribution in [0.4, 0.5) is 0 Å². The molecule has 0 aromatic heterocycles. The molecule has 7 atom stereocenters. The second-order valence-electron chi connectivity index (χ2n) is 10.5. The summed E-state index contributed by atoms with van der Waals surface area (Å²) in [7, 11) is -3.52. The lowest BCUT2D eigenvalue weighted by atomic mass is 9.45. The minimum Gasteiger partial charge on any atom is -0.447 e. The summed E-state index contributed by atoms with van der Waals surface area (Å²) >= 11 is 0. The van der Waals surface area contributed by atoms with Crippen LogP contribution in [0, 0.1) is 28.6 Å². The van der Waals surface area contributed by atoms with Gasteiger partial charge in [0, 0.05) is 18.1 Å². The van der Waals surface area contributed by atoms with Gasteiger partial charge in [0.2, 0.25) is 0 Å². The maximum absolute atomic E-state index is 12.8. The Balaban J connectivity index is 1.65. The van der Waals surface area contributed by atoms with Gasteiger partial charge in [-0.15, -0.1) is 0 Å². The molecule has 7 nitrogen and oxygen atoms in total. The number of sulfone groups is 1. The van der Waals surface area contributed by atoms with Crippen molar-refractivity contribution < 1.29 is 33.0 Å². The molecule has 0 bridgehead atoms. The molecule has 0 saturated heterocycles. The summed E-state index contributed by atoms with van der Waals surface area (Å²) in [6, 6.07) is 0. The van der Waals surface area contributed by atoms with Gasteiger partial charge in [0.25, 0.3) is 0 Å². The lowest BCUT2D eigenvalue weighted by Gasteiger charge is -2.60.